The van der Waals surface area contributed by atoms with Crippen LogP contribution in [-0.2, 0) is 12.8 Å². The normalized spacial score (nSPS) is 10.7. The van der Waals surface area contributed by atoms with E-state index in [9.17, 15) is 0 Å². The second-order valence-corrected chi connectivity index (χ2v) is 5.21. The minimum atomic E-state index is 0.340. The molecule has 0 spiro atoms. The Kier molecular flexibility index (Phi) is 4.32. The maximum Gasteiger partial charge on any atom is 0.0726 e. The van der Waals surface area contributed by atoms with Gasteiger partial charge in [0.1, 0.15) is 0 Å². The molecule has 0 aliphatic carbocycles. The van der Waals surface area contributed by atoms with E-state index in [4.69, 9.17) is 0 Å². The van der Waals surface area contributed by atoms with Gasteiger partial charge in [-0.25, -0.2) is 0 Å². The first-order valence-corrected chi connectivity index (χ1v) is 7.23. The molecule has 0 unspecified atom stereocenters. The molecule has 3 aromatic rings. The molecular formula is C18H19N3. The van der Waals surface area contributed by atoms with Crippen molar-refractivity contribution in [2.24, 2.45) is 0 Å². The molecule has 0 radical (unpaired) electrons. The summed E-state index contributed by atoms with van der Waals surface area (Å²) in [7, 11) is 0. The smallest absolute Gasteiger partial charge is 0.0726 e. The zero-order chi connectivity index (χ0) is 14.3. The van der Waals surface area contributed by atoms with E-state index in [0.29, 0.717) is 6.04 Å². The fraction of sp³-hybridized carbons (Fsp3) is 0.167. The first kappa shape index (κ1) is 13.4. The fourth-order valence-corrected chi connectivity index (χ4v) is 2.54. The Hall–Kier alpha value is -2.55. The standard InChI is InChI=1S/C18H19N3/c1-3-7-15(8-4-1)11-17(21-18-13-19-20-14-18)12-16-9-5-2-6-10-16/h1-10,13-14,17,21H,11-12H2,(H,19,20). The Morgan fingerprint density at radius 1 is 0.857 bits per heavy atom. The molecule has 3 heteroatoms. The van der Waals surface area contributed by atoms with Gasteiger partial charge in [-0.3, -0.25) is 5.10 Å². The summed E-state index contributed by atoms with van der Waals surface area (Å²) in [5.41, 5.74) is 3.72. The molecule has 0 aliphatic rings. The Morgan fingerprint density at radius 3 is 1.90 bits per heavy atom. The molecule has 1 aromatic heterocycles. The van der Waals surface area contributed by atoms with Gasteiger partial charge in [0.05, 0.1) is 11.9 Å². The van der Waals surface area contributed by atoms with E-state index in [0.717, 1.165) is 18.5 Å². The van der Waals surface area contributed by atoms with Crippen molar-refractivity contribution in [1.29, 1.82) is 0 Å². The van der Waals surface area contributed by atoms with Gasteiger partial charge in [-0.1, -0.05) is 60.7 Å². The number of aromatic nitrogens is 2. The third-order valence-corrected chi connectivity index (χ3v) is 3.52. The van der Waals surface area contributed by atoms with Crippen LogP contribution in [0, 0.1) is 0 Å². The second kappa shape index (κ2) is 6.75. The highest BCUT2D eigenvalue weighted by molar-refractivity contribution is 5.40. The molecule has 3 nitrogen and oxygen atoms in total. The lowest BCUT2D eigenvalue weighted by Crippen LogP contribution is -2.24. The average molecular weight is 277 g/mol. The number of hydrogen-bond donors (Lipinski definition) is 2. The van der Waals surface area contributed by atoms with Crippen molar-refractivity contribution in [1.82, 2.24) is 10.2 Å². The molecule has 0 amide bonds. The lowest BCUT2D eigenvalue weighted by Gasteiger charge is -2.19. The van der Waals surface area contributed by atoms with Crippen LogP contribution in [0.25, 0.3) is 0 Å². The minimum absolute atomic E-state index is 0.340. The monoisotopic (exact) mass is 277 g/mol. The van der Waals surface area contributed by atoms with Crippen molar-refractivity contribution in [2.75, 3.05) is 5.32 Å². The average Bonchev–Trinajstić information content (AvgIpc) is 3.02. The zero-order valence-electron chi connectivity index (χ0n) is 11.9. The van der Waals surface area contributed by atoms with Gasteiger partial charge < -0.3 is 5.32 Å². The summed E-state index contributed by atoms with van der Waals surface area (Å²) in [6.45, 7) is 0. The number of rotatable bonds is 6. The van der Waals surface area contributed by atoms with E-state index in [1.807, 2.05) is 12.4 Å². The van der Waals surface area contributed by atoms with Gasteiger partial charge in [0.2, 0.25) is 0 Å². The molecule has 0 saturated heterocycles. The lowest BCUT2D eigenvalue weighted by atomic mass is 9.99. The number of nitrogens with one attached hydrogen (secondary N) is 2. The molecular weight excluding hydrogens is 258 g/mol. The maximum atomic E-state index is 4.00. The van der Waals surface area contributed by atoms with Crippen LogP contribution in [0.4, 0.5) is 5.69 Å². The van der Waals surface area contributed by atoms with Crippen LogP contribution >= 0.6 is 0 Å². The Labute approximate surface area is 125 Å². The molecule has 0 saturated carbocycles. The summed E-state index contributed by atoms with van der Waals surface area (Å²) in [4.78, 5) is 0. The minimum Gasteiger partial charge on any atom is -0.379 e. The van der Waals surface area contributed by atoms with Crippen LogP contribution in [0.15, 0.2) is 73.1 Å². The van der Waals surface area contributed by atoms with E-state index in [1.165, 1.54) is 11.1 Å². The van der Waals surface area contributed by atoms with Crippen molar-refractivity contribution in [3.63, 3.8) is 0 Å². The summed E-state index contributed by atoms with van der Waals surface area (Å²) < 4.78 is 0. The van der Waals surface area contributed by atoms with Crippen LogP contribution in [0.5, 0.6) is 0 Å². The van der Waals surface area contributed by atoms with Crippen molar-refractivity contribution >= 4 is 5.69 Å². The Balaban J connectivity index is 1.74. The number of aromatic amines is 1. The van der Waals surface area contributed by atoms with Gasteiger partial charge in [0.15, 0.2) is 0 Å². The van der Waals surface area contributed by atoms with E-state index >= 15 is 0 Å². The molecule has 0 bridgehead atoms. The molecule has 3 rings (SSSR count). The highest BCUT2D eigenvalue weighted by atomic mass is 15.1. The number of nitrogens with zero attached hydrogens (tertiary/aromatic N) is 1. The molecule has 21 heavy (non-hydrogen) atoms. The van der Waals surface area contributed by atoms with Gasteiger partial charge in [0.25, 0.3) is 0 Å². The highest BCUT2D eigenvalue weighted by Gasteiger charge is 2.11. The van der Waals surface area contributed by atoms with Gasteiger partial charge >= 0.3 is 0 Å². The van der Waals surface area contributed by atoms with Gasteiger partial charge in [-0.2, -0.15) is 5.10 Å². The van der Waals surface area contributed by atoms with E-state index in [-0.39, 0.29) is 0 Å². The van der Waals surface area contributed by atoms with Crippen LogP contribution in [0.2, 0.25) is 0 Å². The summed E-state index contributed by atoms with van der Waals surface area (Å²) in [5, 5.41) is 10.4. The second-order valence-electron chi connectivity index (χ2n) is 5.21. The number of anilines is 1. The quantitative estimate of drug-likeness (QED) is 0.721. The Morgan fingerprint density at radius 2 is 1.43 bits per heavy atom. The van der Waals surface area contributed by atoms with Crippen LogP contribution in [0.3, 0.4) is 0 Å². The number of benzene rings is 2. The van der Waals surface area contributed by atoms with E-state index < -0.39 is 0 Å². The summed E-state index contributed by atoms with van der Waals surface area (Å²) in [5.74, 6) is 0. The van der Waals surface area contributed by atoms with Gasteiger partial charge in [-0.05, 0) is 24.0 Å². The first-order chi connectivity index (χ1) is 10.4. The third-order valence-electron chi connectivity index (χ3n) is 3.52. The predicted molar refractivity (Wildman–Crippen MR) is 86.3 cm³/mol. The van der Waals surface area contributed by atoms with Crippen molar-refractivity contribution in [3.05, 3.63) is 84.2 Å². The van der Waals surface area contributed by atoms with Crippen molar-refractivity contribution in [2.45, 2.75) is 18.9 Å². The number of hydrogen-bond acceptors (Lipinski definition) is 2. The molecule has 2 N–H and O–H groups in total. The van der Waals surface area contributed by atoms with Crippen molar-refractivity contribution < 1.29 is 0 Å². The van der Waals surface area contributed by atoms with E-state index in [1.54, 1.807) is 0 Å². The SMILES string of the molecule is c1ccc(CC(Cc2ccccc2)Nc2cn[nH]c2)cc1. The van der Waals surface area contributed by atoms with Gasteiger partial charge in [0, 0.05) is 12.2 Å². The first-order valence-electron chi connectivity index (χ1n) is 7.23. The van der Waals surface area contributed by atoms with Crippen LogP contribution < -0.4 is 5.32 Å². The third kappa shape index (κ3) is 3.96. The molecule has 106 valence electrons. The van der Waals surface area contributed by atoms with Gasteiger partial charge in [-0.15, -0.1) is 0 Å². The number of H-pyrrole nitrogens is 1. The summed E-state index contributed by atoms with van der Waals surface area (Å²) in [6.07, 6.45) is 5.69. The lowest BCUT2D eigenvalue weighted by molar-refractivity contribution is 0.711. The summed E-state index contributed by atoms with van der Waals surface area (Å²) >= 11 is 0. The highest BCUT2D eigenvalue weighted by Crippen LogP contribution is 2.14. The van der Waals surface area contributed by atoms with Crippen LogP contribution in [-0.4, -0.2) is 16.2 Å². The molecule has 0 atom stereocenters. The molecule has 0 aliphatic heterocycles. The Bertz CT molecular complexity index is 591. The topological polar surface area (TPSA) is 40.7 Å². The zero-order valence-corrected chi connectivity index (χ0v) is 11.9. The van der Waals surface area contributed by atoms with Crippen LogP contribution in [0.1, 0.15) is 11.1 Å². The fourth-order valence-electron chi connectivity index (χ4n) is 2.54. The van der Waals surface area contributed by atoms with Crippen molar-refractivity contribution in [3.8, 4) is 0 Å². The molecule has 1 heterocycles. The summed E-state index contributed by atoms with van der Waals surface area (Å²) in [6, 6.07) is 21.5. The molecule has 2 aromatic carbocycles. The molecule has 0 fully saturated rings. The predicted octanol–water partition coefficient (Wildman–Crippen LogP) is 3.68. The largest absolute Gasteiger partial charge is 0.379 e. The maximum absolute atomic E-state index is 4.00. The van der Waals surface area contributed by atoms with E-state index in [2.05, 4.69) is 76.2 Å².